The van der Waals surface area contributed by atoms with Crippen molar-refractivity contribution in [3.05, 3.63) is 29.8 Å². The Hall–Kier alpha value is -1.59. The summed E-state index contributed by atoms with van der Waals surface area (Å²) in [6.45, 7) is 4.35. The number of aliphatic hydroxyl groups is 1. The molecule has 1 amide bonds. The highest BCUT2D eigenvalue weighted by molar-refractivity contribution is 5.79. The van der Waals surface area contributed by atoms with Crippen LogP contribution in [-0.4, -0.2) is 29.7 Å². The van der Waals surface area contributed by atoms with Gasteiger partial charge in [-0.15, -0.1) is 0 Å². The molecule has 0 aliphatic carbocycles. The molecule has 4 N–H and O–H groups in total. The topological polar surface area (TPSA) is 84.6 Å². The van der Waals surface area contributed by atoms with Crippen molar-refractivity contribution in [1.82, 2.24) is 5.32 Å². The predicted molar refractivity (Wildman–Crippen MR) is 73.7 cm³/mol. The monoisotopic (exact) mass is 266 g/mol. The molecule has 0 saturated heterocycles. The van der Waals surface area contributed by atoms with Gasteiger partial charge in [0.15, 0.2) is 0 Å². The number of nitrogens with one attached hydrogen (secondary N) is 1. The van der Waals surface area contributed by atoms with Crippen molar-refractivity contribution in [3.63, 3.8) is 0 Å². The lowest BCUT2D eigenvalue weighted by Gasteiger charge is -2.18. The zero-order valence-electron chi connectivity index (χ0n) is 11.4. The van der Waals surface area contributed by atoms with Gasteiger partial charge in [0.25, 0.3) is 0 Å². The van der Waals surface area contributed by atoms with Gasteiger partial charge in [-0.2, -0.15) is 0 Å². The highest BCUT2D eigenvalue weighted by Crippen LogP contribution is 2.12. The van der Waals surface area contributed by atoms with Crippen LogP contribution in [0.15, 0.2) is 24.3 Å². The summed E-state index contributed by atoms with van der Waals surface area (Å²) in [5.74, 6) is 0.345. The van der Waals surface area contributed by atoms with Crippen LogP contribution in [-0.2, 0) is 11.4 Å². The molecule has 0 aromatic heterocycles. The summed E-state index contributed by atoms with van der Waals surface area (Å²) in [7, 11) is 0. The molecular formula is C14H22N2O3. The van der Waals surface area contributed by atoms with Crippen molar-refractivity contribution in [2.24, 2.45) is 5.73 Å². The largest absolute Gasteiger partial charge is 0.494 e. The van der Waals surface area contributed by atoms with E-state index in [0.29, 0.717) is 18.8 Å². The molecule has 1 unspecified atom stereocenters. The molecule has 1 atom stereocenters. The Bertz CT molecular complexity index is 390. The normalized spacial score (nSPS) is 12.4. The van der Waals surface area contributed by atoms with Gasteiger partial charge in [0.05, 0.1) is 19.3 Å². The van der Waals surface area contributed by atoms with Crippen molar-refractivity contribution in [2.45, 2.75) is 39.0 Å². The van der Waals surface area contributed by atoms with Crippen molar-refractivity contribution >= 4 is 5.91 Å². The van der Waals surface area contributed by atoms with Crippen molar-refractivity contribution in [3.8, 4) is 5.75 Å². The molecule has 1 aromatic rings. The summed E-state index contributed by atoms with van der Waals surface area (Å²) in [5.41, 5.74) is 6.15. The number of primary amides is 1. The molecule has 0 aliphatic rings. The SMILES string of the molecule is CC(C)NC(CCOc1ccc(CO)cc1)C(N)=O. The summed E-state index contributed by atoms with van der Waals surface area (Å²) in [6.07, 6.45) is 0.523. The smallest absolute Gasteiger partial charge is 0.234 e. The maximum atomic E-state index is 11.2. The third-order valence-electron chi connectivity index (χ3n) is 2.66. The summed E-state index contributed by atoms with van der Waals surface area (Å²) >= 11 is 0. The summed E-state index contributed by atoms with van der Waals surface area (Å²) < 4.78 is 5.54. The number of amides is 1. The van der Waals surface area contributed by atoms with Crippen LogP contribution in [0.25, 0.3) is 0 Å². The fraction of sp³-hybridized carbons (Fsp3) is 0.500. The van der Waals surface area contributed by atoms with E-state index in [0.717, 1.165) is 5.56 Å². The predicted octanol–water partition coefficient (Wildman–Crippen LogP) is 0.800. The first-order valence-electron chi connectivity index (χ1n) is 6.41. The Morgan fingerprint density at radius 3 is 2.47 bits per heavy atom. The highest BCUT2D eigenvalue weighted by Gasteiger charge is 2.15. The first-order chi connectivity index (χ1) is 9.02. The van der Waals surface area contributed by atoms with Crippen molar-refractivity contribution in [1.29, 1.82) is 0 Å². The minimum Gasteiger partial charge on any atom is -0.494 e. The number of benzene rings is 1. The Morgan fingerprint density at radius 2 is 2.00 bits per heavy atom. The molecule has 5 heteroatoms. The Balaban J connectivity index is 2.40. The van der Waals surface area contributed by atoms with Gasteiger partial charge in [-0.25, -0.2) is 0 Å². The summed E-state index contributed by atoms with van der Waals surface area (Å²) in [6, 6.07) is 7.00. The second kappa shape index (κ2) is 7.76. The number of nitrogens with two attached hydrogens (primary N) is 1. The zero-order valence-corrected chi connectivity index (χ0v) is 11.4. The number of carbonyl (C=O) groups excluding carboxylic acids is 1. The molecule has 0 bridgehead atoms. The number of hydrogen-bond acceptors (Lipinski definition) is 4. The van der Waals surface area contributed by atoms with Crippen LogP contribution in [0, 0.1) is 0 Å². The second-order valence-electron chi connectivity index (χ2n) is 4.72. The molecular weight excluding hydrogens is 244 g/mol. The lowest BCUT2D eigenvalue weighted by atomic mass is 10.2. The average Bonchev–Trinajstić information content (AvgIpc) is 2.37. The lowest BCUT2D eigenvalue weighted by Crippen LogP contribution is -2.45. The second-order valence-corrected chi connectivity index (χ2v) is 4.72. The van der Waals surface area contributed by atoms with Gasteiger partial charge in [-0.1, -0.05) is 26.0 Å². The van der Waals surface area contributed by atoms with Crippen molar-refractivity contribution in [2.75, 3.05) is 6.61 Å². The Labute approximate surface area is 113 Å². The van der Waals surface area contributed by atoms with Gasteiger partial charge in [0.2, 0.25) is 5.91 Å². The number of carbonyl (C=O) groups is 1. The minimum atomic E-state index is -0.378. The number of hydrogen-bond donors (Lipinski definition) is 3. The van der Waals surface area contributed by atoms with Crippen molar-refractivity contribution < 1.29 is 14.6 Å². The molecule has 0 aliphatic heterocycles. The molecule has 0 spiro atoms. The van der Waals surface area contributed by atoms with Gasteiger partial charge in [0.1, 0.15) is 5.75 Å². The maximum absolute atomic E-state index is 11.2. The lowest BCUT2D eigenvalue weighted by molar-refractivity contribution is -0.120. The fourth-order valence-electron chi connectivity index (χ4n) is 1.70. The van der Waals surface area contributed by atoms with Crippen LogP contribution in [0.4, 0.5) is 0 Å². The van der Waals surface area contributed by atoms with E-state index in [1.165, 1.54) is 0 Å². The molecule has 5 nitrogen and oxygen atoms in total. The van der Waals surface area contributed by atoms with E-state index in [9.17, 15) is 4.79 Å². The van der Waals surface area contributed by atoms with Gasteiger partial charge >= 0.3 is 0 Å². The molecule has 0 radical (unpaired) electrons. The van der Waals surface area contributed by atoms with E-state index in [4.69, 9.17) is 15.6 Å². The molecule has 1 aromatic carbocycles. The van der Waals surface area contributed by atoms with Crippen LogP contribution in [0.3, 0.4) is 0 Å². The average molecular weight is 266 g/mol. The zero-order chi connectivity index (χ0) is 14.3. The number of rotatable bonds is 8. The maximum Gasteiger partial charge on any atom is 0.234 e. The molecule has 0 heterocycles. The first kappa shape index (κ1) is 15.5. The molecule has 106 valence electrons. The first-order valence-corrected chi connectivity index (χ1v) is 6.41. The molecule has 19 heavy (non-hydrogen) atoms. The molecule has 0 saturated carbocycles. The van der Waals surface area contributed by atoms with E-state index in [1.807, 2.05) is 13.8 Å². The fourth-order valence-corrected chi connectivity index (χ4v) is 1.70. The number of ether oxygens (including phenoxy) is 1. The molecule has 1 rings (SSSR count). The summed E-state index contributed by atoms with van der Waals surface area (Å²) in [4.78, 5) is 11.2. The van der Waals surface area contributed by atoms with E-state index in [-0.39, 0.29) is 24.6 Å². The van der Waals surface area contributed by atoms with E-state index in [1.54, 1.807) is 24.3 Å². The van der Waals surface area contributed by atoms with E-state index < -0.39 is 0 Å². The van der Waals surface area contributed by atoms with Crippen LogP contribution >= 0.6 is 0 Å². The van der Waals surface area contributed by atoms with Gasteiger partial charge < -0.3 is 20.9 Å². The standard InChI is InChI=1S/C14H22N2O3/c1-10(2)16-13(14(15)18)7-8-19-12-5-3-11(9-17)4-6-12/h3-6,10,13,16-17H,7-9H2,1-2H3,(H2,15,18). The van der Waals surface area contributed by atoms with Gasteiger partial charge in [0, 0.05) is 12.5 Å². The van der Waals surface area contributed by atoms with Crippen LogP contribution in [0.5, 0.6) is 5.75 Å². The van der Waals surface area contributed by atoms with Crippen LogP contribution < -0.4 is 15.8 Å². The Kier molecular flexibility index (Phi) is 6.32. The third kappa shape index (κ3) is 5.72. The van der Waals surface area contributed by atoms with E-state index in [2.05, 4.69) is 5.32 Å². The quantitative estimate of drug-likeness (QED) is 0.650. The highest BCUT2D eigenvalue weighted by atomic mass is 16.5. The summed E-state index contributed by atoms with van der Waals surface area (Å²) in [5, 5.41) is 12.0. The van der Waals surface area contributed by atoms with E-state index >= 15 is 0 Å². The Morgan fingerprint density at radius 1 is 1.37 bits per heavy atom. The molecule has 0 fully saturated rings. The van der Waals surface area contributed by atoms with Gasteiger partial charge in [-0.05, 0) is 17.7 Å². The number of aliphatic hydroxyl groups excluding tert-OH is 1. The minimum absolute atomic E-state index is 0.0162. The van der Waals surface area contributed by atoms with Crippen LogP contribution in [0.1, 0.15) is 25.8 Å². The van der Waals surface area contributed by atoms with Gasteiger partial charge in [-0.3, -0.25) is 4.79 Å². The van der Waals surface area contributed by atoms with Crippen LogP contribution in [0.2, 0.25) is 0 Å². The third-order valence-corrected chi connectivity index (χ3v) is 2.66.